The maximum atomic E-state index is 13.0. The van der Waals surface area contributed by atoms with Gasteiger partial charge in [-0.15, -0.1) is 0 Å². The second-order valence-corrected chi connectivity index (χ2v) is 8.54. The van der Waals surface area contributed by atoms with Crippen LogP contribution in [0.5, 0.6) is 11.5 Å². The fourth-order valence-electron chi connectivity index (χ4n) is 3.58. The highest BCUT2D eigenvalue weighted by Gasteiger charge is 2.30. The molecule has 1 atom stereocenters. The first-order chi connectivity index (χ1) is 13.8. The van der Waals surface area contributed by atoms with E-state index in [1.165, 1.54) is 13.0 Å². The largest absolute Gasteiger partial charge is 0.494 e. The van der Waals surface area contributed by atoms with Crippen LogP contribution in [0.15, 0.2) is 41.3 Å². The van der Waals surface area contributed by atoms with E-state index in [1.807, 2.05) is 20.8 Å². The average molecular weight is 419 g/mol. The molecule has 7 nitrogen and oxygen atoms in total. The maximum Gasteiger partial charge on any atom is 0.262 e. The zero-order valence-electron chi connectivity index (χ0n) is 17.1. The van der Waals surface area contributed by atoms with E-state index >= 15 is 0 Å². The predicted octanol–water partition coefficient (Wildman–Crippen LogP) is 3.58. The number of amides is 1. The minimum Gasteiger partial charge on any atom is -0.494 e. The number of nitrogens with one attached hydrogen (secondary N) is 1. The van der Waals surface area contributed by atoms with Gasteiger partial charge in [-0.25, -0.2) is 8.42 Å². The van der Waals surface area contributed by atoms with E-state index in [1.54, 1.807) is 35.2 Å². The number of nitrogens with zero attached hydrogens (tertiary/aromatic N) is 1. The first kappa shape index (κ1) is 21.0. The van der Waals surface area contributed by atoms with Gasteiger partial charge >= 0.3 is 0 Å². The smallest absolute Gasteiger partial charge is 0.262 e. The number of rotatable bonds is 7. The number of sulfonamides is 1. The molecule has 0 unspecified atom stereocenters. The molecule has 8 heteroatoms. The first-order valence-electron chi connectivity index (χ1n) is 9.62. The van der Waals surface area contributed by atoms with Gasteiger partial charge in [0.25, 0.3) is 10.0 Å². The number of hydrogen-bond acceptors (Lipinski definition) is 5. The summed E-state index contributed by atoms with van der Waals surface area (Å²) in [5.41, 5.74) is 1.91. The summed E-state index contributed by atoms with van der Waals surface area (Å²) in [4.78, 5) is 13.7. The Hall–Kier alpha value is -2.74. The first-order valence-corrected chi connectivity index (χ1v) is 11.1. The molecule has 2 aromatic rings. The molecule has 0 bridgehead atoms. The summed E-state index contributed by atoms with van der Waals surface area (Å²) in [6.45, 7) is 8.02. The molecule has 0 aromatic heterocycles. The molecule has 0 aliphatic carbocycles. The van der Waals surface area contributed by atoms with Gasteiger partial charge in [0.05, 0.1) is 23.8 Å². The van der Waals surface area contributed by atoms with Crippen LogP contribution < -0.4 is 19.1 Å². The third kappa shape index (κ3) is 4.32. The van der Waals surface area contributed by atoms with Gasteiger partial charge in [0.2, 0.25) is 5.91 Å². The van der Waals surface area contributed by atoms with Crippen molar-refractivity contribution in [2.45, 2.75) is 45.1 Å². The lowest BCUT2D eigenvalue weighted by atomic mass is 10.1. The third-order valence-corrected chi connectivity index (χ3v) is 6.09. The van der Waals surface area contributed by atoms with E-state index in [9.17, 15) is 13.2 Å². The monoisotopic (exact) mass is 418 g/mol. The van der Waals surface area contributed by atoms with Gasteiger partial charge < -0.3 is 14.4 Å². The lowest BCUT2D eigenvalue weighted by molar-refractivity contribution is -0.116. The Morgan fingerprint density at radius 3 is 2.52 bits per heavy atom. The Labute approximate surface area is 171 Å². The Kier molecular flexibility index (Phi) is 6.02. The Morgan fingerprint density at radius 2 is 1.86 bits per heavy atom. The topological polar surface area (TPSA) is 84.9 Å². The van der Waals surface area contributed by atoms with Gasteiger partial charge in [0, 0.05) is 24.7 Å². The van der Waals surface area contributed by atoms with Crippen molar-refractivity contribution in [1.82, 2.24) is 0 Å². The number of carbonyl (C=O) groups is 1. The quantitative estimate of drug-likeness (QED) is 0.743. The van der Waals surface area contributed by atoms with Crippen LogP contribution in [0, 0.1) is 0 Å². The number of hydrogen-bond donors (Lipinski definition) is 1. The van der Waals surface area contributed by atoms with E-state index < -0.39 is 10.0 Å². The van der Waals surface area contributed by atoms with Crippen molar-refractivity contribution in [3.63, 3.8) is 0 Å². The van der Waals surface area contributed by atoms with Crippen LogP contribution in [0.3, 0.4) is 0 Å². The van der Waals surface area contributed by atoms with E-state index in [0.29, 0.717) is 36.8 Å². The molecule has 29 heavy (non-hydrogen) atoms. The maximum absolute atomic E-state index is 13.0. The fourth-order valence-corrected chi connectivity index (χ4v) is 4.70. The van der Waals surface area contributed by atoms with Crippen molar-refractivity contribution < 1.29 is 22.7 Å². The molecular weight excluding hydrogens is 392 g/mol. The lowest BCUT2D eigenvalue weighted by Crippen LogP contribution is -2.33. The molecule has 0 fully saturated rings. The van der Waals surface area contributed by atoms with Crippen LogP contribution >= 0.6 is 0 Å². The summed E-state index contributed by atoms with van der Waals surface area (Å²) in [6, 6.07) is 9.86. The van der Waals surface area contributed by atoms with Crippen LogP contribution in [-0.2, 0) is 21.2 Å². The summed E-state index contributed by atoms with van der Waals surface area (Å²) in [6.07, 6.45) is 0.613. The number of anilines is 2. The summed E-state index contributed by atoms with van der Waals surface area (Å²) in [7, 11) is -3.85. The van der Waals surface area contributed by atoms with Crippen LogP contribution in [0.25, 0.3) is 0 Å². The van der Waals surface area contributed by atoms with Crippen LogP contribution in [-0.4, -0.2) is 33.6 Å². The van der Waals surface area contributed by atoms with Gasteiger partial charge in [-0.2, -0.15) is 0 Å². The van der Waals surface area contributed by atoms with Crippen molar-refractivity contribution in [3.05, 3.63) is 42.0 Å². The van der Waals surface area contributed by atoms with Gasteiger partial charge in [0.15, 0.2) is 0 Å². The minimum atomic E-state index is -3.85. The zero-order valence-corrected chi connectivity index (χ0v) is 17.9. The van der Waals surface area contributed by atoms with Gasteiger partial charge in [0.1, 0.15) is 11.5 Å². The number of carbonyl (C=O) groups excluding carboxylic acids is 1. The summed E-state index contributed by atoms with van der Waals surface area (Å²) in [5.74, 6) is 0.921. The molecule has 0 saturated heterocycles. The molecular formula is C21H26N2O5S. The zero-order chi connectivity index (χ0) is 21.2. The predicted molar refractivity (Wildman–Crippen MR) is 112 cm³/mol. The molecule has 0 radical (unpaired) electrons. The van der Waals surface area contributed by atoms with Crippen LogP contribution in [0.2, 0.25) is 0 Å². The van der Waals surface area contributed by atoms with E-state index in [4.69, 9.17) is 9.47 Å². The molecule has 0 saturated carbocycles. The molecule has 156 valence electrons. The molecule has 1 aliphatic heterocycles. The fraction of sp³-hybridized carbons (Fsp3) is 0.381. The van der Waals surface area contributed by atoms with Gasteiger partial charge in [-0.1, -0.05) is 0 Å². The SMILES string of the molecule is CCOc1ccc(OCC)c(NS(=O)(=O)c2ccc3c(c2)C[C@H](C)N3C(C)=O)c1. The summed E-state index contributed by atoms with van der Waals surface area (Å²) < 4.78 is 39.7. The molecule has 1 aliphatic rings. The number of ether oxygens (including phenoxy) is 2. The van der Waals surface area contributed by atoms with Crippen molar-refractivity contribution in [1.29, 1.82) is 0 Å². The number of benzene rings is 2. The summed E-state index contributed by atoms with van der Waals surface area (Å²) >= 11 is 0. The van der Waals surface area contributed by atoms with Crippen molar-refractivity contribution >= 4 is 27.3 Å². The lowest BCUT2D eigenvalue weighted by Gasteiger charge is -2.20. The number of fused-ring (bicyclic) bond motifs is 1. The molecule has 0 spiro atoms. The van der Waals surface area contributed by atoms with Crippen molar-refractivity contribution in [2.75, 3.05) is 22.8 Å². The standard InChI is InChI=1S/C21H26N2O5S/c1-5-27-17-7-10-21(28-6-2)19(13-17)22-29(25,26)18-8-9-20-16(12-18)11-14(3)23(20)15(4)24/h7-10,12-14,22H,5-6,11H2,1-4H3/t14-/m0/s1. The Balaban J connectivity index is 1.94. The van der Waals surface area contributed by atoms with E-state index in [0.717, 1.165) is 11.3 Å². The second kappa shape index (κ2) is 8.32. The van der Waals surface area contributed by atoms with Crippen molar-refractivity contribution in [3.8, 4) is 11.5 Å². The van der Waals surface area contributed by atoms with Crippen molar-refractivity contribution in [2.24, 2.45) is 0 Å². The Morgan fingerprint density at radius 1 is 1.14 bits per heavy atom. The normalized spacial score (nSPS) is 15.7. The molecule has 1 heterocycles. The van der Waals surface area contributed by atoms with E-state index in [2.05, 4.69) is 4.72 Å². The van der Waals surface area contributed by atoms with E-state index in [-0.39, 0.29) is 16.8 Å². The summed E-state index contributed by atoms with van der Waals surface area (Å²) in [5, 5.41) is 0. The van der Waals surface area contributed by atoms with Gasteiger partial charge in [-0.3, -0.25) is 9.52 Å². The minimum absolute atomic E-state index is 0.000782. The van der Waals surface area contributed by atoms with Gasteiger partial charge in [-0.05, 0) is 63.1 Å². The molecule has 2 aromatic carbocycles. The molecule has 3 rings (SSSR count). The third-order valence-electron chi connectivity index (χ3n) is 4.72. The average Bonchev–Trinajstić information content (AvgIpc) is 2.99. The van der Waals surface area contributed by atoms with Crippen LogP contribution in [0.4, 0.5) is 11.4 Å². The Bertz CT molecular complexity index is 1020. The van der Waals surface area contributed by atoms with Crippen LogP contribution in [0.1, 0.15) is 33.3 Å². The highest BCUT2D eigenvalue weighted by atomic mass is 32.2. The molecule has 1 N–H and O–H groups in total. The second-order valence-electron chi connectivity index (χ2n) is 6.86. The molecule has 1 amide bonds. The highest BCUT2D eigenvalue weighted by molar-refractivity contribution is 7.92. The highest BCUT2D eigenvalue weighted by Crippen LogP contribution is 2.35.